The summed E-state index contributed by atoms with van der Waals surface area (Å²) in [7, 11) is 0. The van der Waals surface area contributed by atoms with Gasteiger partial charge >= 0.3 is 0 Å². The van der Waals surface area contributed by atoms with Gasteiger partial charge in [-0.2, -0.15) is 6.92 Å². The van der Waals surface area contributed by atoms with Crippen LogP contribution in [-0.2, 0) is 32.7 Å². The Bertz CT molecular complexity index is 277. The molecule has 1 radical (unpaired) electrons. The third-order valence-electron chi connectivity index (χ3n) is 1.66. The molecule has 0 saturated carbocycles. The number of hydrogen-bond donors (Lipinski definition) is 0. The average molecular weight is 412 g/mol. The van der Waals surface area contributed by atoms with Crippen molar-refractivity contribution < 1.29 is 32.7 Å². The maximum atomic E-state index is 3.25. The minimum atomic E-state index is 0. The molecule has 0 unspecified atom stereocenters. The zero-order valence-electron chi connectivity index (χ0n) is 18.9. The topological polar surface area (TPSA) is 0 Å². The van der Waals surface area contributed by atoms with E-state index >= 15 is 0 Å². The van der Waals surface area contributed by atoms with Crippen LogP contribution in [0.5, 0.6) is 0 Å². The van der Waals surface area contributed by atoms with Crippen molar-refractivity contribution in [2.75, 3.05) is 0 Å². The molecule has 0 aliphatic heterocycles. The SMILES string of the molecule is CC.CC.CC.CC.CC.[CH2-]C.[CH3-].[Y].c1ccc2ccccc2c1. The van der Waals surface area contributed by atoms with Gasteiger partial charge in [0.15, 0.2) is 0 Å². The van der Waals surface area contributed by atoms with Gasteiger partial charge in [-0.25, -0.2) is 0 Å². The molecule has 0 N–H and O–H groups in total. The monoisotopic (exact) mass is 411 g/mol. The largest absolute Gasteiger partial charge is 0.358 e. The first-order chi connectivity index (χ1) is 11.0. The molecule has 0 spiro atoms. The van der Waals surface area contributed by atoms with Gasteiger partial charge in [-0.3, -0.25) is 0 Å². The molecular formula is C23H46Y-2. The molecule has 2 rings (SSSR count). The molecule has 143 valence electrons. The Hall–Kier alpha value is -0.196. The fraction of sp³-hybridized carbons (Fsp3) is 0.478. The Balaban J connectivity index is -0.0000000360. The number of fused-ring (bicyclic) bond motifs is 1. The Morgan fingerprint density at radius 3 is 0.708 bits per heavy atom. The normalized spacial score (nSPS) is 5.67. The van der Waals surface area contributed by atoms with Crippen molar-refractivity contribution in [3.8, 4) is 0 Å². The summed E-state index contributed by atoms with van der Waals surface area (Å²) in [5, 5.41) is 2.62. The third-order valence-corrected chi connectivity index (χ3v) is 1.66. The zero-order valence-corrected chi connectivity index (χ0v) is 21.7. The standard InChI is InChI=1S/C10H8.5C2H6.C2H5.CH3.Y/c1-2-6-10-8-4-3-7-9(10)5-1;6*1-2;;/h1-8H;5*1-2H3;1H2,2H3;1H3;/q;;;;;;2*-1;. The number of hydrogen-bond acceptors (Lipinski definition) is 0. The van der Waals surface area contributed by atoms with Crippen molar-refractivity contribution in [3.63, 3.8) is 0 Å². The van der Waals surface area contributed by atoms with Gasteiger partial charge in [-0.15, -0.1) is 0 Å². The van der Waals surface area contributed by atoms with Crippen LogP contribution in [0.2, 0.25) is 0 Å². The van der Waals surface area contributed by atoms with E-state index in [0.717, 1.165) is 0 Å². The Kier molecular flexibility index (Phi) is 104. The first-order valence-corrected chi connectivity index (χ1v) is 9.11. The van der Waals surface area contributed by atoms with E-state index in [1.54, 1.807) is 6.92 Å². The predicted molar refractivity (Wildman–Crippen MR) is 118 cm³/mol. The first-order valence-electron chi connectivity index (χ1n) is 9.11. The van der Waals surface area contributed by atoms with Crippen LogP contribution in [0.3, 0.4) is 0 Å². The summed E-state index contributed by atoms with van der Waals surface area (Å²) in [6.07, 6.45) is 0. The molecule has 2 aromatic carbocycles. The van der Waals surface area contributed by atoms with Crippen LogP contribution in [0.1, 0.15) is 76.2 Å². The molecule has 0 fully saturated rings. The Morgan fingerprint density at radius 1 is 0.458 bits per heavy atom. The van der Waals surface area contributed by atoms with Crippen molar-refractivity contribution in [2.45, 2.75) is 76.2 Å². The second-order valence-electron chi connectivity index (χ2n) is 2.35. The first kappa shape index (κ1) is 43.8. The summed E-state index contributed by atoms with van der Waals surface area (Å²) >= 11 is 0. The fourth-order valence-electron chi connectivity index (χ4n) is 1.13. The van der Waals surface area contributed by atoms with Crippen LogP contribution in [0.15, 0.2) is 48.5 Å². The van der Waals surface area contributed by atoms with Gasteiger partial charge in [0.25, 0.3) is 0 Å². The summed E-state index contributed by atoms with van der Waals surface area (Å²) in [5.41, 5.74) is 0. The number of rotatable bonds is 0. The molecule has 2 aromatic rings. The molecule has 0 aliphatic carbocycles. The van der Waals surface area contributed by atoms with Crippen molar-refractivity contribution in [1.29, 1.82) is 0 Å². The van der Waals surface area contributed by atoms with Gasteiger partial charge in [0.2, 0.25) is 0 Å². The quantitative estimate of drug-likeness (QED) is 0.379. The Morgan fingerprint density at radius 2 is 0.583 bits per heavy atom. The van der Waals surface area contributed by atoms with Crippen LogP contribution in [0.4, 0.5) is 0 Å². The summed E-state index contributed by atoms with van der Waals surface area (Å²) in [6, 6.07) is 16.7. The zero-order chi connectivity index (χ0) is 18.8. The van der Waals surface area contributed by atoms with Gasteiger partial charge < -0.3 is 14.4 Å². The minimum absolute atomic E-state index is 0. The van der Waals surface area contributed by atoms with E-state index in [0.29, 0.717) is 0 Å². The summed E-state index contributed by atoms with van der Waals surface area (Å²) in [6.45, 7) is 25.0. The van der Waals surface area contributed by atoms with E-state index in [-0.39, 0.29) is 40.1 Å². The smallest absolute Gasteiger partial charge is 0 e. The van der Waals surface area contributed by atoms with Gasteiger partial charge in [0.1, 0.15) is 0 Å². The molecule has 0 heterocycles. The van der Waals surface area contributed by atoms with Crippen LogP contribution in [0.25, 0.3) is 10.8 Å². The van der Waals surface area contributed by atoms with E-state index in [1.165, 1.54) is 10.8 Å². The molecule has 0 bridgehead atoms. The molecule has 24 heavy (non-hydrogen) atoms. The van der Waals surface area contributed by atoms with Gasteiger partial charge in [-0.1, -0.05) is 118 Å². The molecule has 0 aromatic heterocycles. The van der Waals surface area contributed by atoms with E-state index in [2.05, 4.69) is 55.5 Å². The van der Waals surface area contributed by atoms with Crippen molar-refractivity contribution >= 4 is 10.8 Å². The molecule has 0 saturated heterocycles. The molecule has 0 amide bonds. The molecule has 0 atom stereocenters. The van der Waals surface area contributed by atoms with Crippen LogP contribution < -0.4 is 0 Å². The van der Waals surface area contributed by atoms with Gasteiger partial charge in [-0.05, 0) is 10.8 Å². The van der Waals surface area contributed by atoms with Crippen LogP contribution in [-0.4, -0.2) is 0 Å². The van der Waals surface area contributed by atoms with Crippen LogP contribution >= 0.6 is 0 Å². The Labute approximate surface area is 181 Å². The second kappa shape index (κ2) is 56.9. The maximum Gasteiger partial charge on any atom is 0 e. The summed E-state index contributed by atoms with van der Waals surface area (Å²) < 4.78 is 0. The second-order valence-corrected chi connectivity index (χ2v) is 2.35. The van der Waals surface area contributed by atoms with Crippen molar-refractivity contribution in [3.05, 3.63) is 62.9 Å². The molecule has 0 aliphatic rings. The van der Waals surface area contributed by atoms with E-state index in [9.17, 15) is 0 Å². The van der Waals surface area contributed by atoms with Crippen LogP contribution in [0, 0.1) is 14.4 Å². The molecule has 1 heteroatoms. The van der Waals surface area contributed by atoms with Gasteiger partial charge in [0.05, 0.1) is 0 Å². The molecule has 0 nitrogen and oxygen atoms in total. The maximum absolute atomic E-state index is 3.25. The van der Waals surface area contributed by atoms with E-state index in [4.69, 9.17) is 0 Å². The number of benzene rings is 2. The summed E-state index contributed by atoms with van der Waals surface area (Å²) in [4.78, 5) is 0. The van der Waals surface area contributed by atoms with Crippen molar-refractivity contribution in [2.24, 2.45) is 0 Å². The molecular weight excluding hydrogens is 365 g/mol. The van der Waals surface area contributed by atoms with Gasteiger partial charge in [0, 0.05) is 32.7 Å². The van der Waals surface area contributed by atoms with E-state index < -0.39 is 0 Å². The third kappa shape index (κ3) is 29.8. The minimum Gasteiger partial charge on any atom is -0.358 e. The average Bonchev–Trinajstić information content (AvgIpc) is 2.71. The summed E-state index contributed by atoms with van der Waals surface area (Å²) in [5.74, 6) is 0. The fourth-order valence-corrected chi connectivity index (χ4v) is 1.13. The van der Waals surface area contributed by atoms with E-state index in [1.807, 2.05) is 69.2 Å². The van der Waals surface area contributed by atoms with Crippen molar-refractivity contribution in [1.82, 2.24) is 0 Å². The predicted octanol–water partition coefficient (Wildman–Crippen LogP) is 9.26.